The zero-order valence-electron chi connectivity index (χ0n) is 8.09. The van der Waals surface area contributed by atoms with Gasteiger partial charge in [-0.3, -0.25) is 4.98 Å². The molecule has 0 amide bonds. The molecule has 1 fully saturated rings. The molecule has 14 heavy (non-hydrogen) atoms. The van der Waals surface area contributed by atoms with Gasteiger partial charge in [-0.2, -0.15) is 0 Å². The molecule has 3 nitrogen and oxygen atoms in total. The summed E-state index contributed by atoms with van der Waals surface area (Å²) in [4.78, 5) is 4.29. The van der Waals surface area contributed by atoms with Crippen LogP contribution in [-0.4, -0.2) is 18.6 Å². The van der Waals surface area contributed by atoms with Crippen molar-refractivity contribution in [2.75, 3.05) is 13.7 Å². The molecule has 1 aliphatic heterocycles. The van der Waals surface area contributed by atoms with Crippen LogP contribution in [0.25, 0.3) is 0 Å². The monoisotopic (exact) mass is 212 g/mol. The van der Waals surface area contributed by atoms with Crippen molar-refractivity contribution in [2.45, 2.75) is 18.9 Å². The molecule has 1 saturated heterocycles. The lowest BCUT2D eigenvalue weighted by atomic mass is 10.1. The Hall–Kier alpha value is -0.800. The molecule has 1 N–H and O–H groups in total. The Balaban J connectivity index is 2.25. The van der Waals surface area contributed by atoms with Gasteiger partial charge in [0.1, 0.15) is 10.8 Å². The Morgan fingerprint density at radius 3 is 3.14 bits per heavy atom. The van der Waals surface area contributed by atoms with E-state index in [0.717, 1.165) is 18.7 Å². The standard InChI is InChI=1S/C10H13ClN2O/c1-14-10-5-9(13-6-7(10)11)8-3-2-4-12-8/h5-6,8,12H,2-4H2,1H3. The van der Waals surface area contributed by atoms with Gasteiger partial charge < -0.3 is 10.1 Å². The summed E-state index contributed by atoms with van der Waals surface area (Å²) in [5.74, 6) is 0.699. The predicted molar refractivity (Wildman–Crippen MR) is 55.8 cm³/mol. The van der Waals surface area contributed by atoms with E-state index in [0.29, 0.717) is 16.8 Å². The fraction of sp³-hybridized carbons (Fsp3) is 0.500. The molecule has 0 spiro atoms. The number of pyridine rings is 1. The summed E-state index contributed by atoms with van der Waals surface area (Å²) in [6.45, 7) is 1.07. The third-order valence-corrected chi connectivity index (χ3v) is 2.76. The van der Waals surface area contributed by atoms with Crippen LogP contribution in [-0.2, 0) is 0 Å². The average Bonchev–Trinajstić information content (AvgIpc) is 2.71. The van der Waals surface area contributed by atoms with Crippen molar-refractivity contribution in [1.82, 2.24) is 10.3 Å². The maximum atomic E-state index is 5.90. The number of halogens is 1. The zero-order chi connectivity index (χ0) is 9.97. The van der Waals surface area contributed by atoms with E-state index < -0.39 is 0 Å². The van der Waals surface area contributed by atoms with E-state index in [1.807, 2.05) is 6.07 Å². The lowest BCUT2D eigenvalue weighted by Gasteiger charge is -2.11. The van der Waals surface area contributed by atoms with Crippen LogP contribution in [0.3, 0.4) is 0 Å². The van der Waals surface area contributed by atoms with E-state index in [2.05, 4.69) is 10.3 Å². The summed E-state index contributed by atoms with van der Waals surface area (Å²) in [5, 5.41) is 3.95. The molecule has 1 aliphatic rings. The highest BCUT2D eigenvalue weighted by Crippen LogP contribution is 2.28. The van der Waals surface area contributed by atoms with Crippen LogP contribution < -0.4 is 10.1 Å². The molecule has 2 heterocycles. The van der Waals surface area contributed by atoms with Gasteiger partial charge in [-0.25, -0.2) is 0 Å². The molecule has 0 aromatic carbocycles. The second-order valence-electron chi connectivity index (χ2n) is 3.39. The highest BCUT2D eigenvalue weighted by molar-refractivity contribution is 6.31. The summed E-state index contributed by atoms with van der Waals surface area (Å²) in [6, 6.07) is 2.27. The summed E-state index contributed by atoms with van der Waals surface area (Å²) < 4.78 is 5.15. The second-order valence-corrected chi connectivity index (χ2v) is 3.80. The second kappa shape index (κ2) is 4.15. The maximum absolute atomic E-state index is 5.90. The number of ether oxygens (including phenoxy) is 1. The van der Waals surface area contributed by atoms with Crippen LogP contribution >= 0.6 is 11.6 Å². The van der Waals surface area contributed by atoms with Gasteiger partial charge in [0.2, 0.25) is 0 Å². The van der Waals surface area contributed by atoms with Gasteiger partial charge in [-0.15, -0.1) is 0 Å². The Bertz CT molecular complexity index is 324. The number of aromatic nitrogens is 1. The van der Waals surface area contributed by atoms with Crippen LogP contribution in [0, 0.1) is 0 Å². The quantitative estimate of drug-likeness (QED) is 0.816. The SMILES string of the molecule is COc1cc(C2CCCN2)ncc1Cl. The van der Waals surface area contributed by atoms with E-state index in [-0.39, 0.29) is 0 Å². The molecule has 1 aromatic heterocycles. The first-order valence-corrected chi connectivity index (χ1v) is 5.12. The highest BCUT2D eigenvalue weighted by atomic mass is 35.5. The fourth-order valence-electron chi connectivity index (χ4n) is 1.72. The van der Waals surface area contributed by atoms with E-state index in [9.17, 15) is 0 Å². The Morgan fingerprint density at radius 1 is 1.64 bits per heavy atom. The van der Waals surface area contributed by atoms with Crippen molar-refractivity contribution < 1.29 is 4.74 Å². The number of hydrogen-bond acceptors (Lipinski definition) is 3. The molecular weight excluding hydrogens is 200 g/mol. The van der Waals surface area contributed by atoms with Crippen molar-refractivity contribution in [1.29, 1.82) is 0 Å². The molecule has 0 radical (unpaired) electrons. The van der Waals surface area contributed by atoms with Gasteiger partial charge in [-0.1, -0.05) is 11.6 Å². The van der Waals surface area contributed by atoms with Gasteiger partial charge >= 0.3 is 0 Å². The normalized spacial score (nSPS) is 21.1. The molecule has 76 valence electrons. The van der Waals surface area contributed by atoms with Gasteiger partial charge in [0, 0.05) is 18.3 Å². The topological polar surface area (TPSA) is 34.1 Å². The molecule has 2 rings (SSSR count). The Labute approximate surface area is 88.4 Å². The average molecular weight is 213 g/mol. The molecule has 1 atom stereocenters. The van der Waals surface area contributed by atoms with Crippen molar-refractivity contribution in [3.05, 3.63) is 23.0 Å². The van der Waals surface area contributed by atoms with Gasteiger partial charge in [0.15, 0.2) is 0 Å². The van der Waals surface area contributed by atoms with E-state index in [1.54, 1.807) is 13.3 Å². The summed E-state index contributed by atoms with van der Waals surface area (Å²) in [7, 11) is 1.62. The molecule has 0 saturated carbocycles. The molecule has 0 bridgehead atoms. The molecule has 4 heteroatoms. The van der Waals surface area contributed by atoms with Gasteiger partial charge in [0.25, 0.3) is 0 Å². The van der Waals surface area contributed by atoms with Crippen LogP contribution in [0.4, 0.5) is 0 Å². The number of rotatable bonds is 2. The fourth-order valence-corrected chi connectivity index (χ4v) is 1.90. The van der Waals surface area contributed by atoms with Crippen molar-refractivity contribution in [3.8, 4) is 5.75 Å². The van der Waals surface area contributed by atoms with E-state index in [4.69, 9.17) is 16.3 Å². The summed E-state index contributed by atoms with van der Waals surface area (Å²) in [5.41, 5.74) is 1.02. The third-order valence-electron chi connectivity index (χ3n) is 2.48. The van der Waals surface area contributed by atoms with Crippen LogP contribution in [0.15, 0.2) is 12.3 Å². The Kier molecular flexibility index (Phi) is 2.89. The van der Waals surface area contributed by atoms with E-state index >= 15 is 0 Å². The van der Waals surface area contributed by atoms with E-state index in [1.165, 1.54) is 6.42 Å². The number of nitrogens with zero attached hydrogens (tertiary/aromatic N) is 1. The first kappa shape index (κ1) is 9.74. The van der Waals surface area contributed by atoms with Crippen molar-refractivity contribution >= 4 is 11.6 Å². The zero-order valence-corrected chi connectivity index (χ0v) is 8.84. The van der Waals surface area contributed by atoms with Crippen molar-refractivity contribution in [2.24, 2.45) is 0 Å². The number of methoxy groups -OCH3 is 1. The van der Waals surface area contributed by atoms with Crippen molar-refractivity contribution in [3.63, 3.8) is 0 Å². The summed E-state index contributed by atoms with van der Waals surface area (Å²) >= 11 is 5.90. The summed E-state index contributed by atoms with van der Waals surface area (Å²) in [6.07, 6.45) is 3.99. The highest BCUT2D eigenvalue weighted by Gasteiger charge is 2.18. The van der Waals surface area contributed by atoms with Crippen LogP contribution in [0.2, 0.25) is 5.02 Å². The lowest BCUT2D eigenvalue weighted by molar-refractivity contribution is 0.412. The smallest absolute Gasteiger partial charge is 0.140 e. The number of nitrogens with one attached hydrogen (secondary N) is 1. The first-order valence-electron chi connectivity index (χ1n) is 4.74. The predicted octanol–water partition coefficient (Wildman–Crippen LogP) is 2.17. The minimum atomic E-state index is 0.362. The largest absolute Gasteiger partial charge is 0.495 e. The van der Waals surface area contributed by atoms with Gasteiger partial charge in [-0.05, 0) is 19.4 Å². The van der Waals surface area contributed by atoms with Crippen LogP contribution in [0.5, 0.6) is 5.75 Å². The minimum Gasteiger partial charge on any atom is -0.495 e. The first-order chi connectivity index (χ1) is 6.81. The number of hydrogen-bond donors (Lipinski definition) is 1. The van der Waals surface area contributed by atoms with Crippen LogP contribution in [0.1, 0.15) is 24.6 Å². The maximum Gasteiger partial charge on any atom is 0.140 e. The molecule has 1 aromatic rings. The molecular formula is C10H13ClN2O. The lowest BCUT2D eigenvalue weighted by Crippen LogP contribution is -2.14. The Morgan fingerprint density at radius 2 is 2.50 bits per heavy atom. The third kappa shape index (κ3) is 1.83. The molecule has 1 unspecified atom stereocenters. The minimum absolute atomic E-state index is 0.362. The molecule has 0 aliphatic carbocycles. The van der Waals surface area contributed by atoms with Gasteiger partial charge in [0.05, 0.1) is 12.8 Å².